The summed E-state index contributed by atoms with van der Waals surface area (Å²) < 4.78 is 5.29. The number of nitrogens with one attached hydrogen (secondary N) is 1. The molecule has 2 N–H and O–H groups in total. The van der Waals surface area contributed by atoms with Crippen LogP contribution in [0, 0.1) is 5.41 Å². The number of aliphatic hydroxyl groups is 1. The Morgan fingerprint density at radius 2 is 1.94 bits per heavy atom. The SMILES string of the molecule is O=C(NCC1(CO)CCOCC1)c1ccccc1. The van der Waals surface area contributed by atoms with Gasteiger partial charge in [-0.3, -0.25) is 4.79 Å². The van der Waals surface area contributed by atoms with Gasteiger partial charge in [0.05, 0.1) is 6.61 Å². The number of ether oxygens (including phenoxy) is 1. The standard InChI is InChI=1S/C14H19NO3/c16-11-14(6-8-18-9-7-14)10-15-13(17)12-4-2-1-3-5-12/h1-5,16H,6-11H2,(H,15,17). The number of amides is 1. The van der Waals surface area contributed by atoms with Crippen molar-refractivity contribution in [2.45, 2.75) is 12.8 Å². The van der Waals surface area contributed by atoms with E-state index in [0.717, 1.165) is 12.8 Å². The van der Waals surface area contributed by atoms with Gasteiger partial charge >= 0.3 is 0 Å². The van der Waals surface area contributed by atoms with Gasteiger partial charge in [-0.25, -0.2) is 0 Å². The van der Waals surface area contributed by atoms with Crippen molar-refractivity contribution in [2.75, 3.05) is 26.4 Å². The molecule has 0 atom stereocenters. The third kappa shape index (κ3) is 3.09. The van der Waals surface area contributed by atoms with Crippen LogP contribution in [0.15, 0.2) is 30.3 Å². The van der Waals surface area contributed by atoms with Gasteiger partial charge in [0.2, 0.25) is 0 Å². The zero-order valence-electron chi connectivity index (χ0n) is 10.4. The lowest BCUT2D eigenvalue weighted by Gasteiger charge is -2.35. The molecule has 0 spiro atoms. The molecular formula is C14H19NO3. The van der Waals surface area contributed by atoms with E-state index >= 15 is 0 Å². The monoisotopic (exact) mass is 249 g/mol. The van der Waals surface area contributed by atoms with E-state index < -0.39 is 0 Å². The average molecular weight is 249 g/mol. The summed E-state index contributed by atoms with van der Waals surface area (Å²) in [5, 5.41) is 12.4. The van der Waals surface area contributed by atoms with Crippen LogP contribution in [-0.2, 0) is 4.74 Å². The number of hydrogen-bond acceptors (Lipinski definition) is 3. The predicted octanol–water partition coefficient (Wildman–Crippen LogP) is 1.21. The minimum Gasteiger partial charge on any atom is -0.396 e. The third-order valence-electron chi connectivity index (χ3n) is 3.55. The zero-order valence-corrected chi connectivity index (χ0v) is 10.4. The highest BCUT2D eigenvalue weighted by Crippen LogP contribution is 2.29. The van der Waals surface area contributed by atoms with E-state index in [0.29, 0.717) is 25.3 Å². The molecule has 1 aromatic carbocycles. The molecule has 18 heavy (non-hydrogen) atoms. The Balaban J connectivity index is 1.92. The summed E-state index contributed by atoms with van der Waals surface area (Å²) in [5.41, 5.74) is 0.431. The molecule has 1 heterocycles. The van der Waals surface area contributed by atoms with Crippen molar-refractivity contribution >= 4 is 5.91 Å². The van der Waals surface area contributed by atoms with Crippen LogP contribution in [0.3, 0.4) is 0 Å². The van der Waals surface area contributed by atoms with E-state index in [9.17, 15) is 9.90 Å². The van der Waals surface area contributed by atoms with Crippen molar-refractivity contribution in [3.05, 3.63) is 35.9 Å². The summed E-state index contributed by atoms with van der Waals surface area (Å²) in [7, 11) is 0. The van der Waals surface area contributed by atoms with Gasteiger partial charge in [0.25, 0.3) is 5.91 Å². The van der Waals surface area contributed by atoms with Crippen LogP contribution < -0.4 is 5.32 Å². The van der Waals surface area contributed by atoms with Crippen molar-refractivity contribution < 1.29 is 14.6 Å². The Bertz CT molecular complexity index is 385. The smallest absolute Gasteiger partial charge is 0.251 e. The minimum absolute atomic E-state index is 0.0880. The first-order chi connectivity index (χ1) is 8.76. The molecule has 1 fully saturated rings. The number of rotatable bonds is 4. The molecular weight excluding hydrogens is 230 g/mol. The highest BCUT2D eigenvalue weighted by molar-refractivity contribution is 5.94. The zero-order chi connectivity index (χ0) is 12.8. The largest absolute Gasteiger partial charge is 0.396 e. The van der Waals surface area contributed by atoms with Gasteiger partial charge in [-0.1, -0.05) is 18.2 Å². The first-order valence-electron chi connectivity index (χ1n) is 6.28. The van der Waals surface area contributed by atoms with Crippen molar-refractivity contribution in [3.63, 3.8) is 0 Å². The molecule has 0 saturated carbocycles. The number of hydrogen-bond donors (Lipinski definition) is 2. The van der Waals surface area contributed by atoms with Crippen LogP contribution in [0.5, 0.6) is 0 Å². The van der Waals surface area contributed by atoms with Crippen molar-refractivity contribution in [1.82, 2.24) is 5.32 Å². The van der Waals surface area contributed by atoms with Crippen molar-refractivity contribution in [1.29, 1.82) is 0 Å². The van der Waals surface area contributed by atoms with Crippen LogP contribution in [0.1, 0.15) is 23.2 Å². The lowest BCUT2D eigenvalue weighted by Crippen LogP contribution is -2.43. The molecule has 2 rings (SSSR count). The first kappa shape index (κ1) is 13.1. The van der Waals surface area contributed by atoms with Crippen LogP contribution in [0.2, 0.25) is 0 Å². The van der Waals surface area contributed by atoms with E-state index in [2.05, 4.69) is 5.32 Å². The maximum absolute atomic E-state index is 11.9. The van der Waals surface area contributed by atoms with Crippen LogP contribution in [-0.4, -0.2) is 37.4 Å². The topological polar surface area (TPSA) is 58.6 Å². The number of carbonyl (C=O) groups is 1. The summed E-state index contributed by atoms with van der Waals surface area (Å²) >= 11 is 0. The van der Waals surface area contributed by atoms with Gasteiger partial charge in [0, 0.05) is 30.7 Å². The molecule has 1 aliphatic heterocycles. The molecule has 1 saturated heterocycles. The molecule has 1 amide bonds. The minimum atomic E-state index is -0.220. The third-order valence-corrected chi connectivity index (χ3v) is 3.55. The normalized spacial score (nSPS) is 18.3. The fourth-order valence-electron chi connectivity index (χ4n) is 2.15. The number of benzene rings is 1. The summed E-state index contributed by atoms with van der Waals surface area (Å²) in [6, 6.07) is 9.12. The molecule has 98 valence electrons. The second kappa shape index (κ2) is 5.98. The van der Waals surface area contributed by atoms with Gasteiger partial charge in [-0.05, 0) is 25.0 Å². The van der Waals surface area contributed by atoms with Crippen LogP contribution in [0.4, 0.5) is 0 Å². The number of carbonyl (C=O) groups excluding carboxylic acids is 1. The molecule has 0 unspecified atom stereocenters. The molecule has 1 aliphatic rings. The van der Waals surface area contributed by atoms with E-state index in [4.69, 9.17) is 4.74 Å². The van der Waals surface area contributed by atoms with Gasteiger partial charge in [-0.2, -0.15) is 0 Å². The molecule has 4 nitrogen and oxygen atoms in total. The maximum Gasteiger partial charge on any atom is 0.251 e. The fourth-order valence-corrected chi connectivity index (χ4v) is 2.15. The van der Waals surface area contributed by atoms with E-state index in [1.54, 1.807) is 12.1 Å². The second-order valence-electron chi connectivity index (χ2n) is 4.82. The molecule has 1 aromatic rings. The quantitative estimate of drug-likeness (QED) is 0.843. The van der Waals surface area contributed by atoms with Gasteiger partial charge in [0.15, 0.2) is 0 Å². The van der Waals surface area contributed by atoms with Gasteiger partial charge in [-0.15, -0.1) is 0 Å². The van der Waals surface area contributed by atoms with Crippen molar-refractivity contribution in [3.8, 4) is 0 Å². The molecule has 0 aromatic heterocycles. The number of aliphatic hydroxyl groups excluding tert-OH is 1. The summed E-state index contributed by atoms with van der Waals surface area (Å²) in [4.78, 5) is 11.9. The molecule has 0 bridgehead atoms. The van der Waals surface area contributed by atoms with Crippen LogP contribution >= 0.6 is 0 Å². The summed E-state index contributed by atoms with van der Waals surface area (Å²) in [6.07, 6.45) is 1.58. The predicted molar refractivity (Wildman–Crippen MR) is 68.3 cm³/mol. The molecule has 4 heteroatoms. The average Bonchev–Trinajstić information content (AvgIpc) is 2.47. The summed E-state index contributed by atoms with van der Waals surface area (Å²) in [5.74, 6) is -0.0880. The van der Waals surface area contributed by atoms with E-state index in [1.807, 2.05) is 18.2 Å². The van der Waals surface area contributed by atoms with Crippen LogP contribution in [0.25, 0.3) is 0 Å². The molecule has 0 aliphatic carbocycles. The van der Waals surface area contributed by atoms with E-state index in [1.165, 1.54) is 0 Å². The highest BCUT2D eigenvalue weighted by Gasteiger charge is 2.32. The fraction of sp³-hybridized carbons (Fsp3) is 0.500. The Morgan fingerprint density at radius 1 is 1.28 bits per heavy atom. The first-order valence-corrected chi connectivity index (χ1v) is 6.28. The Labute approximate surface area is 107 Å². The summed E-state index contributed by atoms with van der Waals surface area (Å²) in [6.45, 7) is 1.90. The van der Waals surface area contributed by atoms with Gasteiger partial charge < -0.3 is 15.2 Å². The Kier molecular flexibility index (Phi) is 4.33. The van der Waals surface area contributed by atoms with Gasteiger partial charge in [0.1, 0.15) is 0 Å². The molecule has 0 radical (unpaired) electrons. The maximum atomic E-state index is 11.9. The van der Waals surface area contributed by atoms with Crippen molar-refractivity contribution in [2.24, 2.45) is 5.41 Å². The Morgan fingerprint density at radius 3 is 2.56 bits per heavy atom. The lowest BCUT2D eigenvalue weighted by molar-refractivity contribution is -0.0146. The second-order valence-corrected chi connectivity index (χ2v) is 4.82. The Hall–Kier alpha value is -1.39. The lowest BCUT2D eigenvalue weighted by atomic mass is 9.81. The van der Waals surface area contributed by atoms with E-state index in [-0.39, 0.29) is 17.9 Å². The highest BCUT2D eigenvalue weighted by atomic mass is 16.5.